The van der Waals surface area contributed by atoms with E-state index in [0.29, 0.717) is 18.8 Å². The maximum absolute atomic E-state index is 11.1. The molecule has 8 nitrogen and oxygen atoms in total. The fraction of sp³-hybridized carbons (Fsp3) is 0.231. The second-order valence-electron chi connectivity index (χ2n) is 4.43. The summed E-state index contributed by atoms with van der Waals surface area (Å²) in [4.78, 5) is 20.7. The molecule has 0 aliphatic rings. The van der Waals surface area contributed by atoms with Crippen LogP contribution in [0.15, 0.2) is 36.5 Å². The zero-order chi connectivity index (χ0) is 15.2. The highest BCUT2D eigenvalue weighted by Crippen LogP contribution is 2.26. The van der Waals surface area contributed by atoms with Gasteiger partial charge in [0.2, 0.25) is 5.82 Å². The summed E-state index contributed by atoms with van der Waals surface area (Å²) in [6.07, 6.45) is 2.38. The molecule has 2 aromatic heterocycles. The van der Waals surface area contributed by atoms with E-state index in [1.807, 2.05) is 18.2 Å². The van der Waals surface area contributed by atoms with Crippen molar-refractivity contribution in [2.75, 3.05) is 23.9 Å². The number of hydrazine groups is 1. The number of likely N-dealkylation sites (N-methyl/N-ethyl adjacent to an activating group) is 1. The lowest BCUT2D eigenvalue weighted by Crippen LogP contribution is -2.23. The van der Waals surface area contributed by atoms with Crippen molar-refractivity contribution in [1.29, 1.82) is 0 Å². The lowest BCUT2D eigenvalue weighted by Gasteiger charge is -2.18. The van der Waals surface area contributed by atoms with Crippen molar-refractivity contribution in [1.82, 2.24) is 9.97 Å². The molecule has 0 fully saturated rings. The first-order valence-electron chi connectivity index (χ1n) is 6.35. The highest BCUT2D eigenvalue weighted by molar-refractivity contribution is 5.61. The monoisotopic (exact) mass is 288 g/mol. The van der Waals surface area contributed by atoms with Crippen molar-refractivity contribution in [2.45, 2.75) is 6.42 Å². The van der Waals surface area contributed by atoms with E-state index in [1.54, 1.807) is 18.1 Å². The lowest BCUT2D eigenvalue weighted by molar-refractivity contribution is -0.384. The average molecular weight is 288 g/mol. The van der Waals surface area contributed by atoms with Gasteiger partial charge in [0.1, 0.15) is 5.82 Å². The molecule has 0 saturated heterocycles. The van der Waals surface area contributed by atoms with E-state index in [4.69, 9.17) is 5.84 Å². The van der Waals surface area contributed by atoms with Crippen LogP contribution in [0.2, 0.25) is 0 Å². The van der Waals surface area contributed by atoms with Crippen molar-refractivity contribution in [3.8, 4) is 0 Å². The fourth-order valence-electron chi connectivity index (χ4n) is 1.88. The maximum atomic E-state index is 11.1. The first-order valence-corrected chi connectivity index (χ1v) is 6.35. The smallest absolute Gasteiger partial charge is 0.311 e. The zero-order valence-corrected chi connectivity index (χ0v) is 11.6. The van der Waals surface area contributed by atoms with Crippen LogP contribution >= 0.6 is 0 Å². The number of hydrogen-bond acceptors (Lipinski definition) is 7. The van der Waals surface area contributed by atoms with Crippen LogP contribution < -0.4 is 16.2 Å². The molecule has 21 heavy (non-hydrogen) atoms. The van der Waals surface area contributed by atoms with E-state index >= 15 is 0 Å². The molecular weight excluding hydrogens is 272 g/mol. The Morgan fingerprint density at radius 3 is 2.81 bits per heavy atom. The summed E-state index contributed by atoms with van der Waals surface area (Å²) in [5.41, 5.74) is 3.25. The molecule has 0 aliphatic carbocycles. The Morgan fingerprint density at radius 2 is 2.19 bits per heavy atom. The summed E-state index contributed by atoms with van der Waals surface area (Å²) in [5.74, 6) is 5.94. The third-order valence-electron chi connectivity index (χ3n) is 2.99. The number of aromatic nitrogens is 2. The molecular formula is C13H16N6O2. The molecule has 110 valence electrons. The maximum Gasteiger partial charge on any atom is 0.311 e. The quantitative estimate of drug-likeness (QED) is 0.469. The van der Waals surface area contributed by atoms with Crippen molar-refractivity contribution in [2.24, 2.45) is 5.84 Å². The van der Waals surface area contributed by atoms with Gasteiger partial charge < -0.3 is 10.3 Å². The zero-order valence-electron chi connectivity index (χ0n) is 11.6. The largest absolute Gasteiger partial charge is 0.354 e. The summed E-state index contributed by atoms with van der Waals surface area (Å²) >= 11 is 0. The van der Waals surface area contributed by atoms with Crippen molar-refractivity contribution < 1.29 is 4.92 Å². The number of nitrogen functional groups attached to an aromatic ring is 1. The molecule has 2 heterocycles. The van der Waals surface area contributed by atoms with Crippen LogP contribution in [-0.2, 0) is 6.42 Å². The highest BCUT2D eigenvalue weighted by Gasteiger charge is 2.19. The Labute approximate surface area is 121 Å². The predicted octanol–water partition coefficient (Wildman–Crippen LogP) is 1.35. The Kier molecular flexibility index (Phi) is 4.62. The van der Waals surface area contributed by atoms with Crippen LogP contribution in [0.25, 0.3) is 0 Å². The molecule has 0 aliphatic heterocycles. The minimum atomic E-state index is -0.458. The molecule has 0 unspecified atom stereocenters. The number of pyridine rings is 2. The number of nitro groups is 1. The summed E-state index contributed by atoms with van der Waals surface area (Å²) in [6.45, 7) is 0.554. The van der Waals surface area contributed by atoms with Crippen LogP contribution in [-0.4, -0.2) is 28.5 Å². The van der Waals surface area contributed by atoms with Gasteiger partial charge in [-0.15, -0.1) is 0 Å². The number of nitrogens with one attached hydrogen (secondary N) is 1. The fourth-order valence-corrected chi connectivity index (χ4v) is 1.88. The van der Waals surface area contributed by atoms with Crippen LogP contribution in [0.5, 0.6) is 0 Å². The standard InChI is InChI=1S/C13H16N6O2/c1-18(9-7-10-4-2-3-8-15-10)13-11(19(20)21)5-6-12(16-13)17-14/h2-6,8H,7,9,14H2,1H3,(H,16,17). The Hall–Kier alpha value is -2.74. The van der Waals surface area contributed by atoms with Crippen molar-refractivity contribution in [3.05, 3.63) is 52.3 Å². The number of nitrogens with zero attached hydrogens (tertiary/aromatic N) is 4. The van der Waals surface area contributed by atoms with Crippen molar-refractivity contribution >= 4 is 17.3 Å². The summed E-state index contributed by atoms with van der Waals surface area (Å²) in [7, 11) is 1.75. The molecule has 0 spiro atoms. The Morgan fingerprint density at radius 1 is 1.38 bits per heavy atom. The second kappa shape index (κ2) is 6.62. The van der Waals surface area contributed by atoms with E-state index in [1.165, 1.54) is 12.1 Å². The number of anilines is 2. The van der Waals surface area contributed by atoms with E-state index < -0.39 is 4.92 Å². The summed E-state index contributed by atoms with van der Waals surface area (Å²) in [6, 6.07) is 8.51. The molecule has 8 heteroatoms. The highest BCUT2D eigenvalue weighted by atomic mass is 16.6. The average Bonchev–Trinajstić information content (AvgIpc) is 2.52. The molecule has 0 amide bonds. The van der Waals surface area contributed by atoms with Gasteiger partial charge in [-0.25, -0.2) is 10.8 Å². The Balaban J connectivity index is 2.17. The predicted molar refractivity (Wildman–Crippen MR) is 79.9 cm³/mol. The normalized spacial score (nSPS) is 10.2. The number of hydrogen-bond donors (Lipinski definition) is 2. The van der Waals surface area contributed by atoms with Gasteiger partial charge in [0, 0.05) is 38.0 Å². The molecule has 3 N–H and O–H groups in total. The number of nitrogens with two attached hydrogens (primary N) is 1. The van der Waals surface area contributed by atoms with Gasteiger partial charge in [0.15, 0.2) is 0 Å². The van der Waals surface area contributed by atoms with Gasteiger partial charge in [0.25, 0.3) is 0 Å². The van der Waals surface area contributed by atoms with Gasteiger partial charge in [-0.2, -0.15) is 0 Å². The van der Waals surface area contributed by atoms with Crippen LogP contribution in [0.1, 0.15) is 5.69 Å². The third-order valence-corrected chi connectivity index (χ3v) is 2.99. The molecule has 2 aromatic rings. The SMILES string of the molecule is CN(CCc1ccccn1)c1nc(NN)ccc1[N+](=O)[O-]. The number of rotatable bonds is 6. The first-order chi connectivity index (χ1) is 10.1. The van der Waals surface area contributed by atoms with E-state index in [-0.39, 0.29) is 11.5 Å². The topological polar surface area (TPSA) is 110 Å². The minimum absolute atomic E-state index is 0.0579. The van der Waals surface area contributed by atoms with Crippen LogP contribution in [0, 0.1) is 10.1 Å². The lowest BCUT2D eigenvalue weighted by atomic mass is 10.2. The molecule has 0 aromatic carbocycles. The van der Waals surface area contributed by atoms with E-state index in [0.717, 1.165) is 5.69 Å². The molecule has 0 radical (unpaired) electrons. The van der Waals surface area contributed by atoms with Crippen LogP contribution in [0.4, 0.5) is 17.3 Å². The van der Waals surface area contributed by atoms with Gasteiger partial charge in [0.05, 0.1) is 4.92 Å². The van der Waals surface area contributed by atoms with E-state index in [9.17, 15) is 10.1 Å². The van der Waals surface area contributed by atoms with Gasteiger partial charge in [-0.05, 0) is 18.2 Å². The van der Waals surface area contributed by atoms with Gasteiger partial charge in [-0.3, -0.25) is 15.1 Å². The van der Waals surface area contributed by atoms with Crippen molar-refractivity contribution in [3.63, 3.8) is 0 Å². The Bertz CT molecular complexity index is 619. The molecule has 2 rings (SSSR count). The molecule has 0 saturated carbocycles. The van der Waals surface area contributed by atoms with E-state index in [2.05, 4.69) is 15.4 Å². The first kappa shape index (κ1) is 14.7. The third kappa shape index (κ3) is 3.63. The van der Waals surface area contributed by atoms with Gasteiger partial charge in [-0.1, -0.05) is 6.07 Å². The minimum Gasteiger partial charge on any atom is -0.354 e. The summed E-state index contributed by atoms with van der Waals surface area (Å²) < 4.78 is 0. The van der Waals surface area contributed by atoms with Gasteiger partial charge >= 0.3 is 5.69 Å². The molecule has 0 bridgehead atoms. The van der Waals surface area contributed by atoms with Crippen LogP contribution in [0.3, 0.4) is 0 Å². The summed E-state index contributed by atoms with van der Waals surface area (Å²) in [5, 5.41) is 11.1. The second-order valence-corrected chi connectivity index (χ2v) is 4.43. The molecule has 0 atom stereocenters.